The van der Waals surface area contributed by atoms with Gasteiger partial charge in [0.2, 0.25) is 0 Å². The number of hydrogen-bond acceptors (Lipinski definition) is 6. The predicted molar refractivity (Wildman–Crippen MR) is 115 cm³/mol. The maximum atomic E-state index is 12.6. The number of rotatable bonds is 7. The van der Waals surface area contributed by atoms with Crippen LogP contribution >= 0.6 is 0 Å². The molecule has 0 unspecified atom stereocenters. The standard InChI is InChI=1S/C20H22N4O4S2/c1-14(2)16-4-8-18(9-5-16)29(25,26)23-17-6-10-19(11-7-17)30(27,28)24-20-12-13-21-15(3)22-20/h4-14,23H,1-3H3,(H,21,22,24). The van der Waals surface area contributed by atoms with Crippen molar-refractivity contribution < 1.29 is 16.8 Å². The molecule has 1 heterocycles. The van der Waals surface area contributed by atoms with E-state index in [2.05, 4.69) is 19.4 Å². The highest BCUT2D eigenvalue weighted by molar-refractivity contribution is 7.93. The second-order valence-electron chi connectivity index (χ2n) is 6.95. The lowest BCUT2D eigenvalue weighted by Crippen LogP contribution is -2.15. The smallest absolute Gasteiger partial charge is 0.263 e. The maximum absolute atomic E-state index is 12.6. The lowest BCUT2D eigenvalue weighted by atomic mass is 10.0. The summed E-state index contributed by atoms with van der Waals surface area (Å²) in [6.45, 7) is 5.70. The topological polar surface area (TPSA) is 118 Å². The molecular weight excluding hydrogens is 424 g/mol. The summed E-state index contributed by atoms with van der Waals surface area (Å²) < 4.78 is 55.0. The summed E-state index contributed by atoms with van der Waals surface area (Å²) in [5, 5.41) is 0. The zero-order valence-corrected chi connectivity index (χ0v) is 18.3. The van der Waals surface area contributed by atoms with Gasteiger partial charge in [-0.2, -0.15) is 0 Å². The Labute approximate surface area is 176 Å². The minimum absolute atomic E-state index is 0.0250. The van der Waals surface area contributed by atoms with E-state index in [9.17, 15) is 16.8 Å². The Morgan fingerprint density at radius 1 is 0.767 bits per heavy atom. The SMILES string of the molecule is Cc1nccc(NS(=O)(=O)c2ccc(NS(=O)(=O)c3ccc(C(C)C)cc3)cc2)n1. The van der Waals surface area contributed by atoms with Crippen molar-refractivity contribution in [2.75, 3.05) is 9.44 Å². The van der Waals surface area contributed by atoms with Gasteiger partial charge in [-0.1, -0.05) is 26.0 Å². The molecule has 2 N–H and O–H groups in total. The first kappa shape index (κ1) is 21.7. The molecule has 0 aliphatic rings. The minimum Gasteiger partial charge on any atom is -0.280 e. The fraction of sp³-hybridized carbons (Fsp3) is 0.200. The van der Waals surface area contributed by atoms with Gasteiger partial charge in [0, 0.05) is 11.9 Å². The van der Waals surface area contributed by atoms with Crippen LogP contribution in [0.25, 0.3) is 0 Å². The zero-order valence-electron chi connectivity index (χ0n) is 16.7. The Morgan fingerprint density at radius 3 is 1.83 bits per heavy atom. The van der Waals surface area contributed by atoms with E-state index in [1.807, 2.05) is 13.8 Å². The molecule has 0 fully saturated rings. The zero-order chi connectivity index (χ0) is 21.9. The van der Waals surface area contributed by atoms with E-state index >= 15 is 0 Å². The van der Waals surface area contributed by atoms with Gasteiger partial charge in [0.1, 0.15) is 11.6 Å². The van der Waals surface area contributed by atoms with Crippen molar-refractivity contribution in [2.45, 2.75) is 36.5 Å². The molecule has 2 aromatic carbocycles. The number of nitrogens with zero attached hydrogens (tertiary/aromatic N) is 2. The summed E-state index contributed by atoms with van der Waals surface area (Å²) in [6, 6.07) is 13.5. The third kappa shape index (κ3) is 5.14. The second kappa shape index (κ2) is 8.41. The molecule has 3 rings (SSSR count). The monoisotopic (exact) mass is 446 g/mol. The van der Waals surface area contributed by atoms with Crippen LogP contribution in [0.1, 0.15) is 31.2 Å². The normalized spacial score (nSPS) is 12.0. The van der Waals surface area contributed by atoms with Gasteiger partial charge in [0.05, 0.1) is 9.79 Å². The van der Waals surface area contributed by atoms with E-state index in [1.54, 1.807) is 31.2 Å². The van der Waals surface area contributed by atoms with Crippen LogP contribution in [0.5, 0.6) is 0 Å². The third-order valence-corrected chi connectivity index (χ3v) is 7.06. The van der Waals surface area contributed by atoms with Crippen molar-refractivity contribution in [3.05, 3.63) is 72.2 Å². The number of sulfonamides is 2. The Morgan fingerprint density at radius 2 is 1.30 bits per heavy atom. The van der Waals surface area contributed by atoms with Crippen LogP contribution in [-0.4, -0.2) is 26.8 Å². The molecule has 0 atom stereocenters. The van der Waals surface area contributed by atoms with Gasteiger partial charge in [-0.3, -0.25) is 9.44 Å². The molecule has 1 aromatic heterocycles. The van der Waals surface area contributed by atoms with E-state index in [0.29, 0.717) is 11.7 Å². The molecule has 0 spiro atoms. The predicted octanol–water partition coefficient (Wildman–Crippen LogP) is 3.51. The molecule has 10 heteroatoms. The lowest BCUT2D eigenvalue weighted by molar-refractivity contribution is 0.600. The van der Waals surface area contributed by atoms with E-state index in [1.165, 1.54) is 36.5 Å². The number of nitrogens with one attached hydrogen (secondary N) is 2. The fourth-order valence-corrected chi connectivity index (χ4v) is 4.72. The molecule has 0 bridgehead atoms. The molecule has 0 saturated carbocycles. The van der Waals surface area contributed by atoms with Crippen LogP contribution in [0.2, 0.25) is 0 Å². The van der Waals surface area contributed by atoms with E-state index < -0.39 is 20.0 Å². The van der Waals surface area contributed by atoms with Crippen LogP contribution in [-0.2, 0) is 20.0 Å². The van der Waals surface area contributed by atoms with Crippen LogP contribution in [0.3, 0.4) is 0 Å². The Bertz CT molecular complexity index is 1240. The summed E-state index contributed by atoms with van der Waals surface area (Å²) in [5.74, 6) is 0.877. The van der Waals surface area contributed by atoms with Crippen LogP contribution in [0.15, 0.2) is 70.6 Å². The molecule has 158 valence electrons. The van der Waals surface area contributed by atoms with Crippen molar-refractivity contribution >= 4 is 31.6 Å². The maximum Gasteiger partial charge on any atom is 0.263 e. The lowest BCUT2D eigenvalue weighted by Gasteiger charge is -2.11. The average molecular weight is 447 g/mol. The van der Waals surface area contributed by atoms with Gasteiger partial charge in [0.25, 0.3) is 20.0 Å². The van der Waals surface area contributed by atoms with Crippen molar-refractivity contribution in [3.63, 3.8) is 0 Å². The number of hydrogen-bond donors (Lipinski definition) is 2. The highest BCUT2D eigenvalue weighted by Gasteiger charge is 2.17. The van der Waals surface area contributed by atoms with Gasteiger partial charge in [-0.15, -0.1) is 0 Å². The van der Waals surface area contributed by atoms with Crippen molar-refractivity contribution in [1.29, 1.82) is 0 Å². The Hall–Kier alpha value is -2.98. The molecule has 0 amide bonds. The summed E-state index contributed by atoms with van der Waals surface area (Å²) in [7, 11) is -7.66. The third-order valence-electron chi connectivity index (χ3n) is 4.29. The number of aryl methyl sites for hydroxylation is 1. The first-order valence-electron chi connectivity index (χ1n) is 9.12. The number of anilines is 2. The Balaban J connectivity index is 1.76. The quantitative estimate of drug-likeness (QED) is 0.573. The number of benzene rings is 2. The first-order valence-corrected chi connectivity index (χ1v) is 12.1. The van der Waals surface area contributed by atoms with E-state index in [4.69, 9.17) is 0 Å². The van der Waals surface area contributed by atoms with E-state index in [0.717, 1.165) is 5.56 Å². The highest BCUT2D eigenvalue weighted by Crippen LogP contribution is 2.22. The Kier molecular flexibility index (Phi) is 6.09. The number of aromatic nitrogens is 2. The largest absolute Gasteiger partial charge is 0.280 e. The van der Waals surface area contributed by atoms with Gasteiger partial charge in [-0.05, 0) is 60.9 Å². The van der Waals surface area contributed by atoms with Crippen molar-refractivity contribution in [3.8, 4) is 0 Å². The van der Waals surface area contributed by atoms with Crippen molar-refractivity contribution in [2.24, 2.45) is 0 Å². The molecule has 3 aromatic rings. The second-order valence-corrected chi connectivity index (χ2v) is 10.3. The van der Waals surface area contributed by atoms with Gasteiger partial charge in [0.15, 0.2) is 0 Å². The first-order chi connectivity index (χ1) is 14.1. The molecule has 8 nitrogen and oxygen atoms in total. The van der Waals surface area contributed by atoms with Crippen LogP contribution < -0.4 is 9.44 Å². The highest BCUT2D eigenvalue weighted by atomic mass is 32.2. The molecule has 0 radical (unpaired) electrons. The van der Waals surface area contributed by atoms with Crippen LogP contribution in [0, 0.1) is 6.92 Å². The fourth-order valence-electron chi connectivity index (χ4n) is 2.66. The van der Waals surface area contributed by atoms with Crippen LogP contribution in [0.4, 0.5) is 11.5 Å². The molecular formula is C20H22N4O4S2. The van der Waals surface area contributed by atoms with Crippen molar-refractivity contribution in [1.82, 2.24) is 9.97 Å². The molecule has 30 heavy (non-hydrogen) atoms. The minimum atomic E-state index is -3.87. The molecule has 0 aliphatic heterocycles. The van der Waals surface area contributed by atoms with E-state index in [-0.39, 0.29) is 21.3 Å². The summed E-state index contributed by atoms with van der Waals surface area (Å²) in [6.07, 6.45) is 1.45. The van der Waals surface area contributed by atoms with Gasteiger partial charge < -0.3 is 0 Å². The van der Waals surface area contributed by atoms with Gasteiger partial charge in [-0.25, -0.2) is 26.8 Å². The summed E-state index contributed by atoms with van der Waals surface area (Å²) in [5.41, 5.74) is 1.29. The summed E-state index contributed by atoms with van der Waals surface area (Å²) in [4.78, 5) is 8.03. The molecule has 0 aliphatic carbocycles. The van der Waals surface area contributed by atoms with Gasteiger partial charge >= 0.3 is 0 Å². The average Bonchev–Trinajstić information content (AvgIpc) is 2.68. The summed E-state index contributed by atoms with van der Waals surface area (Å²) >= 11 is 0. The molecule has 0 saturated heterocycles.